The largest absolute Gasteiger partial charge is 0.497 e. The molecule has 0 spiro atoms. The topological polar surface area (TPSA) is 107 Å². The van der Waals surface area contributed by atoms with Crippen LogP contribution in [-0.4, -0.2) is 38.2 Å². The van der Waals surface area contributed by atoms with E-state index in [9.17, 15) is 9.59 Å². The standard InChI is InChI=1S/C23H26N6O3/c1-4-12-29-22(30)19-21(27-20(26-19)16-7-10-18(24-2)25-14-16)28(23(29)31)13-11-15-5-8-17(32-3)9-6-15/h5-10,14H,4,11-13H2,1-3H3,(H,24,25)(H,26,27). The van der Waals surface area contributed by atoms with Gasteiger partial charge in [0.05, 0.1) is 7.11 Å². The molecule has 4 rings (SSSR count). The fourth-order valence-corrected chi connectivity index (χ4v) is 3.64. The van der Waals surface area contributed by atoms with Gasteiger partial charge in [-0.05, 0) is 42.7 Å². The monoisotopic (exact) mass is 434 g/mol. The molecule has 0 bridgehead atoms. The Labute approximate surface area is 184 Å². The molecule has 2 N–H and O–H groups in total. The predicted octanol–water partition coefficient (Wildman–Crippen LogP) is 2.65. The van der Waals surface area contributed by atoms with Gasteiger partial charge in [-0.25, -0.2) is 14.8 Å². The molecule has 0 amide bonds. The molecule has 0 saturated heterocycles. The normalized spacial score (nSPS) is 11.1. The van der Waals surface area contributed by atoms with Gasteiger partial charge in [0, 0.05) is 31.9 Å². The van der Waals surface area contributed by atoms with Gasteiger partial charge in [0.25, 0.3) is 5.56 Å². The number of benzene rings is 1. The van der Waals surface area contributed by atoms with Crippen molar-refractivity contribution in [2.24, 2.45) is 0 Å². The molecular formula is C23H26N6O3. The summed E-state index contributed by atoms with van der Waals surface area (Å²) < 4.78 is 8.06. The fraction of sp³-hybridized carbons (Fsp3) is 0.304. The maximum atomic E-state index is 13.2. The zero-order chi connectivity index (χ0) is 22.7. The van der Waals surface area contributed by atoms with Crippen molar-refractivity contribution in [1.82, 2.24) is 24.1 Å². The number of methoxy groups -OCH3 is 1. The van der Waals surface area contributed by atoms with Crippen molar-refractivity contribution in [2.75, 3.05) is 19.5 Å². The van der Waals surface area contributed by atoms with Crippen molar-refractivity contribution in [2.45, 2.75) is 32.9 Å². The zero-order valence-corrected chi connectivity index (χ0v) is 18.4. The van der Waals surface area contributed by atoms with Crippen LogP contribution in [0.15, 0.2) is 52.2 Å². The van der Waals surface area contributed by atoms with Crippen molar-refractivity contribution in [3.05, 3.63) is 69.0 Å². The van der Waals surface area contributed by atoms with Gasteiger partial charge in [0.15, 0.2) is 5.65 Å². The average molecular weight is 435 g/mol. The van der Waals surface area contributed by atoms with Gasteiger partial charge >= 0.3 is 5.69 Å². The number of imidazole rings is 1. The number of aryl methyl sites for hydroxylation is 2. The first-order valence-corrected chi connectivity index (χ1v) is 10.6. The molecule has 9 nitrogen and oxygen atoms in total. The Kier molecular flexibility index (Phi) is 6.07. The van der Waals surface area contributed by atoms with Crippen LogP contribution in [0.1, 0.15) is 18.9 Å². The van der Waals surface area contributed by atoms with Crippen LogP contribution in [0.5, 0.6) is 5.75 Å². The molecule has 0 unspecified atom stereocenters. The first-order chi connectivity index (χ1) is 15.5. The molecule has 3 heterocycles. The second kappa shape index (κ2) is 9.09. The van der Waals surface area contributed by atoms with Crippen LogP contribution in [0.3, 0.4) is 0 Å². The van der Waals surface area contributed by atoms with E-state index >= 15 is 0 Å². The highest BCUT2D eigenvalue weighted by Gasteiger charge is 2.18. The first-order valence-electron chi connectivity index (χ1n) is 10.6. The highest BCUT2D eigenvalue weighted by atomic mass is 16.5. The van der Waals surface area contributed by atoms with E-state index in [1.807, 2.05) is 43.3 Å². The molecule has 32 heavy (non-hydrogen) atoms. The number of hydrogen-bond acceptors (Lipinski definition) is 6. The number of aromatic amines is 1. The van der Waals surface area contributed by atoms with Crippen LogP contribution in [0.2, 0.25) is 0 Å². The van der Waals surface area contributed by atoms with Gasteiger partial charge in [-0.3, -0.25) is 13.9 Å². The van der Waals surface area contributed by atoms with E-state index in [1.54, 1.807) is 24.9 Å². The number of ether oxygens (including phenoxy) is 1. The number of hydrogen-bond donors (Lipinski definition) is 2. The Balaban J connectivity index is 1.78. The molecule has 0 radical (unpaired) electrons. The van der Waals surface area contributed by atoms with Gasteiger partial charge in [0.2, 0.25) is 0 Å². The minimum atomic E-state index is -0.355. The van der Waals surface area contributed by atoms with Crippen molar-refractivity contribution < 1.29 is 4.74 Å². The van der Waals surface area contributed by atoms with E-state index in [0.717, 1.165) is 22.7 Å². The van der Waals surface area contributed by atoms with Gasteiger partial charge in [0.1, 0.15) is 22.9 Å². The number of aromatic nitrogens is 5. The Morgan fingerprint density at radius 1 is 1.06 bits per heavy atom. The zero-order valence-electron chi connectivity index (χ0n) is 18.4. The number of anilines is 1. The minimum Gasteiger partial charge on any atom is -0.497 e. The van der Waals surface area contributed by atoms with Crippen molar-refractivity contribution in [3.8, 4) is 17.1 Å². The van der Waals surface area contributed by atoms with E-state index in [0.29, 0.717) is 42.9 Å². The van der Waals surface area contributed by atoms with Gasteiger partial charge in [-0.15, -0.1) is 0 Å². The molecule has 0 aliphatic carbocycles. The van der Waals surface area contributed by atoms with Crippen LogP contribution in [0, 0.1) is 0 Å². The highest BCUT2D eigenvalue weighted by molar-refractivity contribution is 5.75. The number of rotatable bonds is 8. The summed E-state index contributed by atoms with van der Waals surface area (Å²) in [7, 11) is 3.42. The predicted molar refractivity (Wildman–Crippen MR) is 124 cm³/mol. The maximum Gasteiger partial charge on any atom is 0.332 e. The van der Waals surface area contributed by atoms with E-state index in [4.69, 9.17) is 4.74 Å². The van der Waals surface area contributed by atoms with E-state index in [-0.39, 0.29) is 11.2 Å². The summed E-state index contributed by atoms with van der Waals surface area (Å²) in [5.41, 5.74) is 1.76. The fourth-order valence-electron chi connectivity index (χ4n) is 3.64. The molecule has 0 fully saturated rings. The van der Waals surface area contributed by atoms with Gasteiger partial charge < -0.3 is 15.0 Å². The Bertz CT molecular complexity index is 1330. The quantitative estimate of drug-likeness (QED) is 0.442. The molecule has 0 aliphatic heterocycles. The summed E-state index contributed by atoms with van der Waals surface area (Å²) in [6.45, 7) is 2.68. The van der Waals surface area contributed by atoms with Crippen LogP contribution in [0.4, 0.5) is 5.82 Å². The number of nitrogens with zero attached hydrogens (tertiary/aromatic N) is 4. The summed E-state index contributed by atoms with van der Waals surface area (Å²) in [6, 6.07) is 11.4. The summed E-state index contributed by atoms with van der Waals surface area (Å²) in [6.07, 6.45) is 2.97. The minimum absolute atomic E-state index is 0.320. The SMILES string of the molecule is CCCn1c(=O)c2[nH]c(-c3ccc(NC)nc3)nc2n(CCc2ccc(OC)cc2)c1=O. The van der Waals surface area contributed by atoms with Gasteiger partial charge in [-0.1, -0.05) is 19.1 Å². The Morgan fingerprint density at radius 2 is 1.84 bits per heavy atom. The molecule has 4 aromatic rings. The van der Waals surface area contributed by atoms with E-state index in [2.05, 4.69) is 20.3 Å². The first kappa shape index (κ1) is 21.4. The maximum absolute atomic E-state index is 13.2. The van der Waals surface area contributed by atoms with Crippen LogP contribution in [-0.2, 0) is 19.5 Å². The Hall–Kier alpha value is -3.88. The molecule has 166 valence electrons. The lowest BCUT2D eigenvalue weighted by atomic mass is 10.1. The summed E-state index contributed by atoms with van der Waals surface area (Å²) in [5.74, 6) is 2.00. The van der Waals surface area contributed by atoms with E-state index < -0.39 is 0 Å². The number of H-pyrrole nitrogens is 1. The summed E-state index contributed by atoms with van der Waals surface area (Å²) in [5, 5.41) is 2.97. The van der Waals surface area contributed by atoms with Crippen LogP contribution < -0.4 is 21.3 Å². The van der Waals surface area contributed by atoms with Crippen molar-refractivity contribution in [1.29, 1.82) is 0 Å². The third-order valence-corrected chi connectivity index (χ3v) is 5.38. The number of pyridine rings is 1. The lowest BCUT2D eigenvalue weighted by molar-refractivity contribution is 0.414. The third kappa shape index (κ3) is 4.01. The van der Waals surface area contributed by atoms with Gasteiger partial charge in [-0.2, -0.15) is 0 Å². The lowest BCUT2D eigenvalue weighted by Gasteiger charge is -2.11. The number of fused-ring (bicyclic) bond motifs is 1. The molecule has 0 aliphatic rings. The van der Waals surface area contributed by atoms with E-state index in [1.165, 1.54) is 4.57 Å². The second-order valence-corrected chi connectivity index (χ2v) is 7.46. The smallest absolute Gasteiger partial charge is 0.332 e. The lowest BCUT2D eigenvalue weighted by Crippen LogP contribution is -2.40. The summed E-state index contributed by atoms with van der Waals surface area (Å²) in [4.78, 5) is 38.2. The molecule has 3 aromatic heterocycles. The van der Waals surface area contributed by atoms with Crippen molar-refractivity contribution in [3.63, 3.8) is 0 Å². The number of nitrogens with one attached hydrogen (secondary N) is 2. The molecule has 0 saturated carbocycles. The molecular weight excluding hydrogens is 408 g/mol. The van der Waals surface area contributed by atoms with Crippen LogP contribution >= 0.6 is 0 Å². The molecule has 9 heteroatoms. The highest BCUT2D eigenvalue weighted by Crippen LogP contribution is 2.19. The van der Waals surface area contributed by atoms with Crippen LogP contribution in [0.25, 0.3) is 22.6 Å². The average Bonchev–Trinajstić information content (AvgIpc) is 3.27. The molecule has 1 aromatic carbocycles. The summed E-state index contributed by atoms with van der Waals surface area (Å²) >= 11 is 0. The Morgan fingerprint density at radius 3 is 2.47 bits per heavy atom. The van der Waals surface area contributed by atoms with Crippen molar-refractivity contribution >= 4 is 17.0 Å². The second-order valence-electron chi connectivity index (χ2n) is 7.46. The molecule has 0 atom stereocenters. The third-order valence-electron chi connectivity index (χ3n) is 5.38.